The number of hydrogen-bond donors (Lipinski definition) is 0. The molecule has 4 rings (SSSR count). The smallest absolute Gasteiger partial charge is 0.344 e. The average Bonchev–Trinajstić information content (AvgIpc) is 3.52. The molecule has 0 aliphatic rings. The van der Waals surface area contributed by atoms with Crippen molar-refractivity contribution >= 4 is 33.0 Å². The predicted molar refractivity (Wildman–Crippen MR) is 128 cm³/mol. The zero-order valence-electron chi connectivity index (χ0n) is 18.5. The van der Waals surface area contributed by atoms with Crippen LogP contribution in [0.15, 0.2) is 80.7 Å². The number of thiophene rings is 1. The van der Waals surface area contributed by atoms with E-state index in [2.05, 4.69) is 4.98 Å². The van der Waals surface area contributed by atoms with Gasteiger partial charge in [0.15, 0.2) is 6.61 Å². The van der Waals surface area contributed by atoms with E-state index in [-0.39, 0.29) is 17.4 Å². The number of benzene rings is 2. The van der Waals surface area contributed by atoms with E-state index in [0.717, 1.165) is 16.9 Å². The minimum absolute atomic E-state index is 0.0331. The summed E-state index contributed by atoms with van der Waals surface area (Å²) in [4.78, 5) is 16.5. The van der Waals surface area contributed by atoms with Crippen LogP contribution in [0.3, 0.4) is 0 Å². The Balaban J connectivity index is 1.30. The van der Waals surface area contributed by atoms with Crippen LogP contribution in [-0.4, -0.2) is 33.0 Å². The Hall–Kier alpha value is -3.63. The molecule has 0 fully saturated rings. The number of oxazole rings is 1. The third kappa shape index (κ3) is 5.29. The highest BCUT2D eigenvalue weighted by atomic mass is 32.2. The molecule has 2 aromatic carbocycles. The number of rotatable bonds is 9. The third-order valence-corrected chi connectivity index (χ3v) is 8.11. The largest absolute Gasteiger partial charge is 0.482 e. The molecule has 0 aliphatic heterocycles. The van der Waals surface area contributed by atoms with Crippen molar-refractivity contribution in [2.45, 2.75) is 17.7 Å². The van der Waals surface area contributed by atoms with Gasteiger partial charge in [-0.2, -0.15) is 0 Å². The molecule has 4 aromatic rings. The maximum Gasteiger partial charge on any atom is 0.344 e. The molecule has 0 unspecified atom stereocenters. The number of carbonyl (C=O) groups excluding carboxylic acids is 1. The maximum atomic E-state index is 12.6. The fourth-order valence-electron chi connectivity index (χ4n) is 3.04. The van der Waals surface area contributed by atoms with Crippen LogP contribution in [0.25, 0.3) is 11.5 Å². The normalized spacial score (nSPS) is 11.2. The molecule has 0 saturated carbocycles. The predicted octanol–water partition coefficient (Wildman–Crippen LogP) is 4.66. The molecule has 0 amide bonds. The topological polar surface area (TPSA) is 98.9 Å². The lowest BCUT2D eigenvalue weighted by Crippen LogP contribution is -2.25. The lowest BCUT2D eigenvalue weighted by molar-refractivity contribution is -0.147. The van der Waals surface area contributed by atoms with Crippen LogP contribution in [0.2, 0.25) is 0 Å². The van der Waals surface area contributed by atoms with Gasteiger partial charge in [0, 0.05) is 12.6 Å². The Labute approximate surface area is 201 Å². The fourth-order valence-corrected chi connectivity index (χ4v) is 5.39. The Kier molecular flexibility index (Phi) is 6.99. The van der Waals surface area contributed by atoms with Crippen molar-refractivity contribution in [3.63, 3.8) is 0 Å². The van der Waals surface area contributed by atoms with E-state index in [4.69, 9.17) is 13.9 Å². The lowest BCUT2D eigenvalue weighted by atomic mass is 10.2. The van der Waals surface area contributed by atoms with Crippen LogP contribution in [0.4, 0.5) is 5.69 Å². The summed E-state index contributed by atoms with van der Waals surface area (Å²) in [7, 11) is -2.13. The quantitative estimate of drug-likeness (QED) is 0.310. The highest BCUT2D eigenvalue weighted by Gasteiger charge is 2.22. The number of esters is 1. The molecule has 0 bridgehead atoms. The first-order chi connectivity index (χ1) is 16.3. The molecule has 10 heteroatoms. The number of sulfonamides is 1. The van der Waals surface area contributed by atoms with Gasteiger partial charge in [-0.15, -0.1) is 11.3 Å². The molecule has 0 atom stereocenters. The van der Waals surface area contributed by atoms with E-state index in [1.54, 1.807) is 48.7 Å². The summed E-state index contributed by atoms with van der Waals surface area (Å²) in [6.07, 6.45) is 0. The molecular formula is C24H22N2O6S2. The van der Waals surface area contributed by atoms with Gasteiger partial charge in [0.1, 0.15) is 28.0 Å². The average molecular weight is 499 g/mol. The van der Waals surface area contributed by atoms with Crippen LogP contribution in [0.1, 0.15) is 11.5 Å². The SMILES string of the molecule is Cc1oc(-c2ccccc2)nc1COC(=O)COc1ccc(N(C)S(=O)(=O)c2cccs2)cc1. The summed E-state index contributed by atoms with van der Waals surface area (Å²) in [5, 5.41) is 1.71. The first kappa shape index (κ1) is 23.5. The van der Waals surface area contributed by atoms with Crippen LogP contribution in [0, 0.1) is 6.92 Å². The summed E-state index contributed by atoms with van der Waals surface area (Å²) >= 11 is 1.16. The second kappa shape index (κ2) is 10.1. The Morgan fingerprint density at radius 3 is 2.47 bits per heavy atom. The number of ether oxygens (including phenoxy) is 2. The molecule has 0 aliphatic carbocycles. The number of hydrogen-bond acceptors (Lipinski definition) is 8. The molecule has 8 nitrogen and oxygen atoms in total. The van der Waals surface area contributed by atoms with E-state index in [0.29, 0.717) is 28.8 Å². The molecule has 2 aromatic heterocycles. The third-order valence-electron chi connectivity index (χ3n) is 4.95. The van der Waals surface area contributed by atoms with E-state index in [1.807, 2.05) is 30.3 Å². The van der Waals surface area contributed by atoms with Crippen molar-refractivity contribution in [1.29, 1.82) is 0 Å². The van der Waals surface area contributed by atoms with Gasteiger partial charge < -0.3 is 13.9 Å². The number of carbonyl (C=O) groups is 1. The number of nitrogens with zero attached hydrogens (tertiary/aromatic N) is 2. The van der Waals surface area contributed by atoms with Gasteiger partial charge in [0.2, 0.25) is 5.89 Å². The zero-order chi connectivity index (χ0) is 24.1. The Morgan fingerprint density at radius 1 is 1.06 bits per heavy atom. The molecule has 0 saturated heterocycles. The molecule has 2 heterocycles. The maximum absolute atomic E-state index is 12.6. The molecular weight excluding hydrogens is 476 g/mol. The first-order valence-corrected chi connectivity index (χ1v) is 12.6. The Bertz CT molecular complexity index is 1350. The Morgan fingerprint density at radius 2 is 1.79 bits per heavy atom. The van der Waals surface area contributed by atoms with E-state index < -0.39 is 16.0 Å². The van der Waals surface area contributed by atoms with Crippen molar-refractivity contribution in [3.05, 3.63) is 83.6 Å². The van der Waals surface area contributed by atoms with Crippen molar-refractivity contribution in [3.8, 4) is 17.2 Å². The van der Waals surface area contributed by atoms with Gasteiger partial charge in [-0.25, -0.2) is 18.2 Å². The molecule has 34 heavy (non-hydrogen) atoms. The zero-order valence-corrected chi connectivity index (χ0v) is 20.1. The summed E-state index contributed by atoms with van der Waals surface area (Å²) in [5.41, 5.74) is 1.84. The van der Waals surface area contributed by atoms with E-state index in [1.165, 1.54) is 11.4 Å². The van der Waals surface area contributed by atoms with Crippen molar-refractivity contribution in [2.24, 2.45) is 0 Å². The highest BCUT2D eigenvalue weighted by molar-refractivity contribution is 7.94. The number of anilines is 1. The van der Waals surface area contributed by atoms with Gasteiger partial charge in [0.05, 0.1) is 5.69 Å². The standard InChI is InChI=1S/C24H22N2O6S2/c1-17-21(25-24(32-17)18-7-4-3-5-8-18)15-31-22(27)16-30-20-12-10-19(11-13-20)26(2)34(28,29)23-9-6-14-33-23/h3-14H,15-16H2,1-2H3. The van der Waals surface area contributed by atoms with Gasteiger partial charge in [-0.3, -0.25) is 4.31 Å². The second-order valence-corrected chi connectivity index (χ2v) is 10.4. The second-order valence-electron chi connectivity index (χ2n) is 7.24. The van der Waals surface area contributed by atoms with Crippen molar-refractivity contribution < 1.29 is 27.1 Å². The molecule has 176 valence electrons. The summed E-state index contributed by atoms with van der Waals surface area (Å²) < 4.78 is 43.1. The van der Waals surface area contributed by atoms with Crippen LogP contribution >= 0.6 is 11.3 Å². The molecule has 0 spiro atoms. The number of aromatic nitrogens is 1. The minimum Gasteiger partial charge on any atom is -0.482 e. The summed E-state index contributed by atoms with van der Waals surface area (Å²) in [6, 6.07) is 19.1. The first-order valence-electron chi connectivity index (χ1n) is 10.3. The molecule has 0 radical (unpaired) electrons. The van der Waals surface area contributed by atoms with Crippen molar-refractivity contribution in [2.75, 3.05) is 18.0 Å². The van der Waals surface area contributed by atoms with Gasteiger partial charge in [-0.05, 0) is 54.8 Å². The lowest BCUT2D eigenvalue weighted by Gasteiger charge is -2.18. The van der Waals surface area contributed by atoms with Gasteiger partial charge in [-0.1, -0.05) is 24.3 Å². The fraction of sp³-hybridized carbons (Fsp3) is 0.167. The van der Waals surface area contributed by atoms with Crippen LogP contribution < -0.4 is 9.04 Å². The van der Waals surface area contributed by atoms with Crippen molar-refractivity contribution in [1.82, 2.24) is 4.98 Å². The number of aryl methyl sites for hydroxylation is 1. The van der Waals surface area contributed by atoms with Gasteiger partial charge >= 0.3 is 5.97 Å². The van der Waals surface area contributed by atoms with E-state index >= 15 is 0 Å². The van der Waals surface area contributed by atoms with Crippen LogP contribution in [-0.2, 0) is 26.2 Å². The van der Waals surface area contributed by atoms with E-state index in [9.17, 15) is 13.2 Å². The van der Waals surface area contributed by atoms with Crippen LogP contribution in [0.5, 0.6) is 5.75 Å². The summed E-state index contributed by atoms with van der Waals surface area (Å²) in [6.45, 7) is 1.43. The summed E-state index contributed by atoms with van der Waals surface area (Å²) in [5.74, 6) is 0.882. The van der Waals surface area contributed by atoms with Gasteiger partial charge in [0.25, 0.3) is 10.0 Å². The highest BCUT2D eigenvalue weighted by Crippen LogP contribution is 2.27. The molecule has 0 N–H and O–H groups in total. The minimum atomic E-state index is -3.62. The monoisotopic (exact) mass is 498 g/mol.